The highest BCUT2D eigenvalue weighted by Crippen LogP contribution is 2.32. The van der Waals surface area contributed by atoms with E-state index in [1.165, 1.54) is 0 Å². The minimum atomic E-state index is -5.63. The maximum absolute atomic E-state index is 11.0. The third-order valence-corrected chi connectivity index (χ3v) is 0.620. The van der Waals surface area contributed by atoms with E-state index < -0.39 is 18.5 Å². The normalized spacial score (nSPS) is 12.5. The van der Waals surface area contributed by atoms with Crippen molar-refractivity contribution in [3.8, 4) is 0 Å². The molecule has 0 spiro atoms. The van der Waals surface area contributed by atoms with Gasteiger partial charge < -0.3 is 5.11 Å². The van der Waals surface area contributed by atoms with Crippen LogP contribution in [0.4, 0.5) is 26.3 Å². The molecule has 0 radical (unpaired) electrons. The molecule has 0 amide bonds. The molecular weight excluding hydrogens is 249 g/mol. The fraction of sp³-hybridized carbons (Fsp3) is 1.00. The number of hydrogen-bond acceptors (Lipinski definition) is 1. The Balaban J connectivity index is 0. The zero-order valence-electron chi connectivity index (χ0n) is 5.76. The fourth-order valence-electron chi connectivity index (χ4n) is 0.186. The summed E-state index contributed by atoms with van der Waals surface area (Å²) >= 11 is 9.53. The SMILES string of the molecule is ClCCl.OC(C(F)(F)F)C(F)(F)F. The predicted molar refractivity (Wildman–Crippen MR) is 34.7 cm³/mol. The van der Waals surface area contributed by atoms with Crippen LogP contribution < -0.4 is 0 Å². The summed E-state index contributed by atoms with van der Waals surface area (Å²) in [4.78, 5) is 0. The Bertz CT molecular complexity index is 118. The van der Waals surface area contributed by atoms with Gasteiger partial charge in [-0.2, -0.15) is 26.3 Å². The van der Waals surface area contributed by atoms with E-state index in [2.05, 4.69) is 0 Å². The van der Waals surface area contributed by atoms with Crippen molar-refractivity contribution in [3.05, 3.63) is 0 Å². The van der Waals surface area contributed by atoms with Gasteiger partial charge in [-0.3, -0.25) is 0 Å². The molecule has 0 aliphatic carbocycles. The second-order valence-electron chi connectivity index (χ2n) is 1.59. The number of rotatable bonds is 0. The lowest BCUT2D eigenvalue weighted by Crippen LogP contribution is -2.41. The minimum absolute atomic E-state index is 0.194. The lowest BCUT2D eigenvalue weighted by atomic mass is 10.3. The van der Waals surface area contributed by atoms with Crippen LogP contribution in [-0.2, 0) is 0 Å². The summed E-state index contributed by atoms with van der Waals surface area (Å²) in [6.07, 6.45) is -15.5. The molecule has 0 bridgehead atoms. The molecule has 0 rings (SSSR count). The molecule has 1 nitrogen and oxygen atoms in total. The Hall–Kier alpha value is 0.120. The molecule has 0 fully saturated rings. The summed E-state index contributed by atoms with van der Waals surface area (Å²) in [5.41, 5.74) is 0. The maximum Gasteiger partial charge on any atom is 0.423 e. The average Bonchev–Trinajstić information content (AvgIpc) is 1.84. The molecular formula is C4H4Cl2F6O. The van der Waals surface area contributed by atoms with Crippen molar-refractivity contribution in [2.75, 3.05) is 5.34 Å². The first-order valence-corrected chi connectivity index (χ1v) is 3.57. The highest BCUT2D eigenvalue weighted by atomic mass is 35.5. The molecule has 0 aliphatic heterocycles. The van der Waals surface area contributed by atoms with Crippen LogP contribution in [0.25, 0.3) is 0 Å². The van der Waals surface area contributed by atoms with Crippen LogP contribution in [0.3, 0.4) is 0 Å². The minimum Gasteiger partial charge on any atom is -0.377 e. The molecule has 0 unspecified atom stereocenters. The summed E-state index contributed by atoms with van der Waals surface area (Å²) in [5.74, 6) is 0. The molecule has 0 atom stereocenters. The smallest absolute Gasteiger partial charge is 0.377 e. The zero-order chi connectivity index (χ0) is 11.3. The Morgan fingerprint density at radius 3 is 1.08 bits per heavy atom. The molecule has 82 valence electrons. The summed E-state index contributed by atoms with van der Waals surface area (Å²) in [6.45, 7) is 0. The lowest BCUT2D eigenvalue weighted by molar-refractivity contribution is -0.308. The first-order valence-electron chi connectivity index (χ1n) is 2.50. The van der Waals surface area contributed by atoms with E-state index >= 15 is 0 Å². The van der Waals surface area contributed by atoms with Gasteiger partial charge in [-0.05, 0) is 0 Å². The van der Waals surface area contributed by atoms with E-state index in [0.29, 0.717) is 0 Å². The topological polar surface area (TPSA) is 20.2 Å². The van der Waals surface area contributed by atoms with Crippen molar-refractivity contribution in [1.82, 2.24) is 0 Å². The van der Waals surface area contributed by atoms with Crippen LogP contribution in [0.15, 0.2) is 0 Å². The van der Waals surface area contributed by atoms with Gasteiger partial charge in [-0.1, -0.05) is 0 Å². The van der Waals surface area contributed by atoms with Gasteiger partial charge >= 0.3 is 12.4 Å². The molecule has 1 N–H and O–H groups in total. The Kier molecular flexibility index (Phi) is 6.91. The summed E-state index contributed by atoms with van der Waals surface area (Å²) in [5, 5.41) is 7.67. The van der Waals surface area contributed by atoms with Crippen molar-refractivity contribution in [2.45, 2.75) is 18.5 Å². The van der Waals surface area contributed by atoms with Crippen molar-refractivity contribution in [2.24, 2.45) is 0 Å². The number of aliphatic hydroxyl groups is 1. The fourth-order valence-corrected chi connectivity index (χ4v) is 0.186. The van der Waals surface area contributed by atoms with Gasteiger partial charge in [-0.25, -0.2) is 0 Å². The highest BCUT2D eigenvalue weighted by Gasteiger charge is 2.55. The summed E-state index contributed by atoms with van der Waals surface area (Å²) in [6, 6.07) is 0. The van der Waals surface area contributed by atoms with Crippen LogP contribution in [0.5, 0.6) is 0 Å². The second-order valence-corrected chi connectivity index (χ2v) is 2.39. The van der Waals surface area contributed by atoms with Crippen LogP contribution >= 0.6 is 23.2 Å². The summed E-state index contributed by atoms with van der Waals surface area (Å²) in [7, 11) is 0. The molecule has 0 aromatic rings. The zero-order valence-corrected chi connectivity index (χ0v) is 7.27. The van der Waals surface area contributed by atoms with E-state index in [9.17, 15) is 26.3 Å². The van der Waals surface area contributed by atoms with Crippen molar-refractivity contribution >= 4 is 23.2 Å². The van der Waals surface area contributed by atoms with Crippen LogP contribution in [-0.4, -0.2) is 28.9 Å². The van der Waals surface area contributed by atoms with Gasteiger partial charge in [0.2, 0.25) is 6.10 Å². The standard InChI is InChI=1S/C3H2F6O.CH2Cl2/c4-2(5,6)1(10)3(7,8)9;2-1-3/h1,10H;1H2. The Labute approximate surface area is 79.2 Å². The van der Waals surface area contributed by atoms with Gasteiger partial charge in [-0.15, -0.1) is 23.2 Å². The first-order chi connectivity index (χ1) is 5.57. The first kappa shape index (κ1) is 15.6. The molecule has 9 heteroatoms. The largest absolute Gasteiger partial charge is 0.423 e. The number of halogens is 8. The number of alkyl halides is 8. The van der Waals surface area contributed by atoms with Crippen molar-refractivity contribution < 1.29 is 31.4 Å². The van der Waals surface area contributed by atoms with Gasteiger partial charge in [0.05, 0.1) is 5.34 Å². The number of hydrogen-bond donors (Lipinski definition) is 1. The van der Waals surface area contributed by atoms with Crippen LogP contribution in [0.2, 0.25) is 0 Å². The van der Waals surface area contributed by atoms with E-state index in [1.807, 2.05) is 0 Å². The van der Waals surface area contributed by atoms with E-state index in [1.54, 1.807) is 0 Å². The molecule has 0 aliphatic rings. The molecule has 0 saturated carbocycles. The number of aliphatic hydroxyl groups excluding tert-OH is 1. The monoisotopic (exact) mass is 252 g/mol. The maximum atomic E-state index is 11.0. The van der Waals surface area contributed by atoms with Crippen molar-refractivity contribution in [1.29, 1.82) is 0 Å². The van der Waals surface area contributed by atoms with Crippen molar-refractivity contribution in [3.63, 3.8) is 0 Å². The predicted octanol–water partition coefficient (Wildman–Crippen LogP) is 2.89. The van der Waals surface area contributed by atoms with Gasteiger partial charge in [0.15, 0.2) is 0 Å². The molecule has 13 heavy (non-hydrogen) atoms. The van der Waals surface area contributed by atoms with Gasteiger partial charge in [0.1, 0.15) is 0 Å². The van der Waals surface area contributed by atoms with Crippen LogP contribution in [0, 0.1) is 0 Å². The third-order valence-electron chi connectivity index (χ3n) is 0.620. The van der Waals surface area contributed by atoms with Gasteiger partial charge in [0.25, 0.3) is 0 Å². The Morgan fingerprint density at radius 2 is 1.08 bits per heavy atom. The second kappa shape index (κ2) is 5.77. The van der Waals surface area contributed by atoms with Crippen LogP contribution in [0.1, 0.15) is 0 Å². The third kappa shape index (κ3) is 8.45. The molecule has 0 aromatic heterocycles. The molecule has 0 heterocycles. The quantitative estimate of drug-likeness (QED) is 0.519. The molecule has 0 saturated heterocycles. The van der Waals surface area contributed by atoms with E-state index in [4.69, 9.17) is 28.3 Å². The van der Waals surface area contributed by atoms with Gasteiger partial charge in [0, 0.05) is 0 Å². The summed E-state index contributed by atoms with van der Waals surface area (Å²) < 4.78 is 65.9. The average molecular weight is 253 g/mol. The lowest BCUT2D eigenvalue weighted by Gasteiger charge is -2.16. The molecule has 0 aromatic carbocycles. The Morgan fingerprint density at radius 1 is 0.923 bits per heavy atom. The van der Waals surface area contributed by atoms with E-state index in [0.717, 1.165) is 0 Å². The van der Waals surface area contributed by atoms with E-state index in [-0.39, 0.29) is 5.34 Å². The highest BCUT2D eigenvalue weighted by molar-refractivity contribution is 6.40.